The Balaban J connectivity index is 2.17. The van der Waals surface area contributed by atoms with Gasteiger partial charge in [-0.3, -0.25) is 9.59 Å². The molecule has 4 nitrogen and oxygen atoms in total. The molecule has 1 fully saturated rings. The summed E-state index contributed by atoms with van der Waals surface area (Å²) in [4.78, 5) is 25.7. The van der Waals surface area contributed by atoms with Gasteiger partial charge in [-0.15, -0.1) is 11.3 Å². The van der Waals surface area contributed by atoms with Gasteiger partial charge in [0.1, 0.15) is 0 Å². The van der Waals surface area contributed by atoms with Crippen molar-refractivity contribution < 1.29 is 14.7 Å². The number of hydrogen-bond acceptors (Lipinski definition) is 4. The Hall–Kier alpha value is -0.530. The lowest BCUT2D eigenvalue weighted by Gasteiger charge is -2.34. The summed E-state index contributed by atoms with van der Waals surface area (Å²) in [6.07, 6.45) is 0.0181. The molecule has 0 saturated carbocycles. The zero-order chi connectivity index (χ0) is 14.0. The quantitative estimate of drug-likeness (QED) is 0.896. The number of rotatable bonds is 3. The predicted molar refractivity (Wildman–Crippen MR) is 81.2 cm³/mol. The molecule has 104 valence electrons. The van der Waals surface area contributed by atoms with E-state index in [0.29, 0.717) is 17.2 Å². The molecule has 1 amide bonds. The van der Waals surface area contributed by atoms with Crippen LogP contribution < -0.4 is 0 Å². The van der Waals surface area contributed by atoms with Crippen LogP contribution in [0.4, 0.5) is 0 Å². The van der Waals surface area contributed by atoms with E-state index in [-0.39, 0.29) is 18.4 Å². The summed E-state index contributed by atoms with van der Waals surface area (Å²) in [5.41, 5.74) is 1.04. The average molecular weight is 364 g/mol. The predicted octanol–water partition coefficient (Wildman–Crippen LogP) is 2.85. The van der Waals surface area contributed by atoms with Crippen LogP contribution in [0.3, 0.4) is 0 Å². The van der Waals surface area contributed by atoms with Gasteiger partial charge in [0.05, 0.1) is 21.1 Å². The fourth-order valence-corrected chi connectivity index (χ4v) is 4.55. The van der Waals surface area contributed by atoms with Crippen molar-refractivity contribution in [3.05, 3.63) is 20.3 Å². The van der Waals surface area contributed by atoms with Crippen LogP contribution >= 0.6 is 39.0 Å². The maximum atomic E-state index is 12.5. The second-order valence-electron chi connectivity index (χ2n) is 4.39. The highest BCUT2D eigenvalue weighted by molar-refractivity contribution is 9.11. The molecule has 0 aliphatic carbocycles. The van der Waals surface area contributed by atoms with Crippen molar-refractivity contribution in [2.75, 3.05) is 18.1 Å². The fraction of sp³-hybridized carbons (Fsp3) is 0.500. The number of aryl methyl sites for hydroxylation is 1. The minimum Gasteiger partial charge on any atom is -0.481 e. The lowest BCUT2D eigenvalue weighted by atomic mass is 10.2. The van der Waals surface area contributed by atoms with Gasteiger partial charge in [0.2, 0.25) is 0 Å². The molecule has 1 N–H and O–H groups in total. The smallest absolute Gasteiger partial charge is 0.305 e. The van der Waals surface area contributed by atoms with E-state index in [1.54, 1.807) is 16.7 Å². The number of halogens is 1. The molecule has 0 spiro atoms. The van der Waals surface area contributed by atoms with Gasteiger partial charge in [-0.1, -0.05) is 0 Å². The Morgan fingerprint density at radius 3 is 2.89 bits per heavy atom. The number of carbonyl (C=O) groups excluding carboxylic acids is 1. The van der Waals surface area contributed by atoms with Crippen molar-refractivity contribution in [2.24, 2.45) is 0 Å². The summed E-state index contributed by atoms with van der Waals surface area (Å²) in [5.74, 6) is 0.663. The third-order valence-corrected chi connectivity index (χ3v) is 6.18. The minimum absolute atomic E-state index is 0.0181. The Bertz CT molecular complexity index is 484. The summed E-state index contributed by atoms with van der Waals surface area (Å²) < 4.78 is 0.956. The summed E-state index contributed by atoms with van der Waals surface area (Å²) in [6.45, 7) is 2.56. The molecule has 0 bridgehead atoms. The van der Waals surface area contributed by atoms with E-state index in [1.165, 1.54) is 11.3 Å². The third-order valence-electron chi connectivity index (χ3n) is 2.97. The molecule has 0 radical (unpaired) electrons. The largest absolute Gasteiger partial charge is 0.481 e. The van der Waals surface area contributed by atoms with Crippen molar-refractivity contribution in [3.63, 3.8) is 0 Å². The molecule has 2 rings (SSSR count). The average Bonchev–Trinajstić information content (AvgIpc) is 2.69. The lowest BCUT2D eigenvalue weighted by Crippen LogP contribution is -2.46. The molecule has 1 unspecified atom stereocenters. The maximum Gasteiger partial charge on any atom is 0.305 e. The van der Waals surface area contributed by atoms with Gasteiger partial charge >= 0.3 is 5.97 Å². The Labute approximate surface area is 128 Å². The summed E-state index contributed by atoms with van der Waals surface area (Å²) in [6, 6.07) is 1.65. The first-order chi connectivity index (χ1) is 8.99. The normalized spacial score (nSPS) is 19.5. The zero-order valence-corrected chi connectivity index (χ0v) is 13.6. The van der Waals surface area contributed by atoms with Crippen molar-refractivity contribution in [3.8, 4) is 0 Å². The van der Waals surface area contributed by atoms with E-state index in [9.17, 15) is 9.59 Å². The van der Waals surface area contributed by atoms with Crippen LogP contribution in [-0.4, -0.2) is 46.0 Å². The van der Waals surface area contributed by atoms with E-state index >= 15 is 0 Å². The number of amides is 1. The Kier molecular flexibility index (Phi) is 4.92. The lowest BCUT2D eigenvalue weighted by molar-refractivity contribution is -0.138. The molecule has 0 aromatic carbocycles. The minimum atomic E-state index is -0.853. The number of thiophene rings is 1. The Morgan fingerprint density at radius 1 is 1.58 bits per heavy atom. The number of hydrogen-bond donors (Lipinski definition) is 1. The van der Waals surface area contributed by atoms with Crippen molar-refractivity contribution in [1.82, 2.24) is 4.90 Å². The molecule has 1 aliphatic heterocycles. The van der Waals surface area contributed by atoms with Gasteiger partial charge in [0, 0.05) is 18.1 Å². The van der Waals surface area contributed by atoms with Gasteiger partial charge in [0.25, 0.3) is 5.91 Å². The number of carboxylic acid groups (broad SMARTS) is 1. The van der Waals surface area contributed by atoms with Crippen LogP contribution in [0, 0.1) is 6.92 Å². The van der Waals surface area contributed by atoms with E-state index in [4.69, 9.17) is 5.11 Å². The topological polar surface area (TPSA) is 57.6 Å². The number of aliphatic carboxylic acids is 1. The van der Waals surface area contributed by atoms with Crippen LogP contribution in [-0.2, 0) is 4.79 Å². The zero-order valence-electron chi connectivity index (χ0n) is 10.4. The van der Waals surface area contributed by atoms with Gasteiger partial charge in [-0.25, -0.2) is 0 Å². The highest BCUT2D eigenvalue weighted by Crippen LogP contribution is 2.30. The number of nitrogens with zero attached hydrogens (tertiary/aromatic N) is 1. The van der Waals surface area contributed by atoms with Crippen molar-refractivity contribution in [2.45, 2.75) is 19.4 Å². The number of carbonyl (C=O) groups is 2. The van der Waals surface area contributed by atoms with E-state index in [1.807, 2.05) is 13.0 Å². The third kappa shape index (κ3) is 3.52. The first kappa shape index (κ1) is 14.9. The molecule has 7 heteroatoms. The van der Waals surface area contributed by atoms with Crippen LogP contribution in [0.1, 0.15) is 21.7 Å². The maximum absolute atomic E-state index is 12.5. The highest BCUT2D eigenvalue weighted by Gasteiger charge is 2.30. The SMILES string of the molecule is Cc1cc(C(=O)N2CCSCC2CC(=O)O)sc1Br. The summed E-state index contributed by atoms with van der Waals surface area (Å²) in [5, 5.41) is 8.93. The molecule has 1 aromatic rings. The molecular weight excluding hydrogens is 350 g/mol. The van der Waals surface area contributed by atoms with Gasteiger partial charge in [-0.2, -0.15) is 11.8 Å². The van der Waals surface area contributed by atoms with Crippen LogP contribution in [0.15, 0.2) is 9.85 Å². The second-order valence-corrected chi connectivity index (χ2v) is 7.91. The molecule has 1 atom stereocenters. The molecule has 2 heterocycles. The van der Waals surface area contributed by atoms with E-state index < -0.39 is 5.97 Å². The van der Waals surface area contributed by atoms with Gasteiger partial charge in [0.15, 0.2) is 0 Å². The summed E-state index contributed by atoms with van der Waals surface area (Å²) >= 11 is 6.53. The first-order valence-electron chi connectivity index (χ1n) is 5.85. The Morgan fingerprint density at radius 2 is 2.32 bits per heavy atom. The van der Waals surface area contributed by atoms with Gasteiger partial charge < -0.3 is 10.0 Å². The van der Waals surface area contributed by atoms with E-state index in [0.717, 1.165) is 15.1 Å². The van der Waals surface area contributed by atoms with Crippen LogP contribution in [0.25, 0.3) is 0 Å². The monoisotopic (exact) mass is 363 g/mol. The van der Waals surface area contributed by atoms with Crippen LogP contribution in [0.5, 0.6) is 0 Å². The molecule has 1 saturated heterocycles. The molecule has 1 aromatic heterocycles. The molecular formula is C12H14BrNO3S2. The molecule has 1 aliphatic rings. The van der Waals surface area contributed by atoms with Crippen molar-refractivity contribution >= 4 is 50.9 Å². The van der Waals surface area contributed by atoms with Crippen LogP contribution in [0.2, 0.25) is 0 Å². The fourth-order valence-electron chi connectivity index (χ4n) is 2.00. The summed E-state index contributed by atoms with van der Waals surface area (Å²) in [7, 11) is 0. The number of carboxylic acids is 1. The second kappa shape index (κ2) is 6.28. The first-order valence-corrected chi connectivity index (χ1v) is 8.62. The van der Waals surface area contributed by atoms with Crippen molar-refractivity contribution in [1.29, 1.82) is 0 Å². The van der Waals surface area contributed by atoms with Gasteiger partial charge in [-0.05, 0) is 34.5 Å². The molecule has 19 heavy (non-hydrogen) atoms. The highest BCUT2D eigenvalue weighted by atomic mass is 79.9. The standard InChI is InChI=1S/C12H14BrNO3S2/c1-7-4-9(19-11(7)13)12(17)14-2-3-18-6-8(14)5-10(15)16/h4,8H,2-3,5-6H2,1H3,(H,15,16). The van der Waals surface area contributed by atoms with E-state index in [2.05, 4.69) is 15.9 Å². The number of thioether (sulfide) groups is 1.